The molecule has 0 unspecified atom stereocenters. The van der Waals surface area contributed by atoms with E-state index in [1.165, 1.54) is 0 Å². The van der Waals surface area contributed by atoms with E-state index in [2.05, 4.69) is 18.7 Å². The Morgan fingerprint density at radius 2 is 1.57 bits per heavy atom. The summed E-state index contributed by atoms with van der Waals surface area (Å²) in [5.41, 5.74) is 1.56. The van der Waals surface area contributed by atoms with Crippen LogP contribution in [-0.4, -0.2) is 55.0 Å². The molecule has 0 atom stereocenters. The minimum Gasteiger partial charge on any atom is -0.392 e. The minimum atomic E-state index is -3.26. The second-order valence-corrected chi connectivity index (χ2v) is 7.73. The first kappa shape index (κ1) is 16.4. The van der Waals surface area contributed by atoms with Gasteiger partial charge < -0.3 is 5.11 Å². The van der Waals surface area contributed by atoms with Crippen molar-refractivity contribution in [1.82, 2.24) is 9.21 Å². The van der Waals surface area contributed by atoms with Crippen LogP contribution in [0.5, 0.6) is 0 Å². The number of sulfonamides is 1. The normalized spacial score (nSPS) is 18.3. The quantitative estimate of drug-likeness (QED) is 0.882. The second-order valence-electron chi connectivity index (χ2n) is 5.76. The molecule has 0 spiro atoms. The topological polar surface area (TPSA) is 60.9 Å². The summed E-state index contributed by atoms with van der Waals surface area (Å²) in [6, 6.07) is 7.53. The molecule has 1 fully saturated rings. The van der Waals surface area contributed by atoms with Crippen LogP contribution < -0.4 is 0 Å². The molecule has 0 radical (unpaired) electrons. The molecule has 21 heavy (non-hydrogen) atoms. The van der Waals surface area contributed by atoms with Gasteiger partial charge in [-0.25, -0.2) is 8.42 Å². The Hall–Kier alpha value is -0.950. The molecular formula is C15H24N2O3S. The lowest BCUT2D eigenvalue weighted by Crippen LogP contribution is -2.50. The first-order valence-electron chi connectivity index (χ1n) is 7.33. The third kappa shape index (κ3) is 4.26. The van der Waals surface area contributed by atoms with Crippen LogP contribution in [0.4, 0.5) is 0 Å². The summed E-state index contributed by atoms with van der Waals surface area (Å²) >= 11 is 0. The van der Waals surface area contributed by atoms with Gasteiger partial charge in [0.1, 0.15) is 0 Å². The van der Waals surface area contributed by atoms with Crippen LogP contribution in [0.3, 0.4) is 0 Å². The summed E-state index contributed by atoms with van der Waals surface area (Å²) in [5, 5.41) is 9.00. The van der Waals surface area contributed by atoms with Crippen LogP contribution in [0, 0.1) is 0 Å². The summed E-state index contributed by atoms with van der Waals surface area (Å²) in [5.74, 6) is 0.0282. The molecule has 0 amide bonds. The van der Waals surface area contributed by atoms with E-state index < -0.39 is 10.0 Å². The SMILES string of the molecule is CC(C)N1CCN(S(=O)(=O)Cc2ccc(CO)cc2)CC1. The Bertz CT molecular complexity index is 547. The predicted octanol–water partition coefficient (Wildman–Crippen LogP) is 1.03. The molecular weight excluding hydrogens is 288 g/mol. The maximum atomic E-state index is 12.4. The third-order valence-corrected chi connectivity index (χ3v) is 5.80. The van der Waals surface area contributed by atoms with Crippen LogP contribution >= 0.6 is 0 Å². The van der Waals surface area contributed by atoms with Crippen molar-refractivity contribution in [3.8, 4) is 0 Å². The average molecular weight is 312 g/mol. The number of aliphatic hydroxyl groups excluding tert-OH is 1. The van der Waals surface area contributed by atoms with E-state index >= 15 is 0 Å². The molecule has 0 aliphatic carbocycles. The van der Waals surface area contributed by atoms with Crippen molar-refractivity contribution in [3.05, 3.63) is 35.4 Å². The van der Waals surface area contributed by atoms with Crippen molar-refractivity contribution in [2.24, 2.45) is 0 Å². The fourth-order valence-electron chi connectivity index (χ4n) is 2.54. The number of hydrogen-bond acceptors (Lipinski definition) is 4. The number of benzene rings is 1. The molecule has 0 saturated carbocycles. The van der Waals surface area contributed by atoms with E-state index in [1.54, 1.807) is 28.6 Å². The largest absolute Gasteiger partial charge is 0.392 e. The van der Waals surface area contributed by atoms with Gasteiger partial charge in [-0.05, 0) is 25.0 Å². The lowest BCUT2D eigenvalue weighted by Gasteiger charge is -2.36. The molecule has 1 N–H and O–H groups in total. The van der Waals surface area contributed by atoms with E-state index in [0.29, 0.717) is 19.1 Å². The molecule has 1 aliphatic heterocycles. The average Bonchev–Trinajstić information content (AvgIpc) is 2.48. The zero-order valence-electron chi connectivity index (χ0n) is 12.7. The summed E-state index contributed by atoms with van der Waals surface area (Å²) in [6.45, 7) is 6.95. The minimum absolute atomic E-state index is 0.0236. The Morgan fingerprint density at radius 3 is 2.05 bits per heavy atom. The Labute approximate surface area is 127 Å². The van der Waals surface area contributed by atoms with Gasteiger partial charge in [0.2, 0.25) is 10.0 Å². The van der Waals surface area contributed by atoms with Gasteiger partial charge in [0.25, 0.3) is 0 Å². The predicted molar refractivity (Wildman–Crippen MR) is 83.3 cm³/mol. The Kier molecular flexibility index (Phi) is 5.37. The van der Waals surface area contributed by atoms with E-state index in [-0.39, 0.29) is 12.4 Å². The monoisotopic (exact) mass is 312 g/mol. The standard InChI is InChI=1S/C15H24N2O3S/c1-13(2)16-7-9-17(10-8-16)21(19,20)12-15-5-3-14(11-18)4-6-15/h3-6,13,18H,7-12H2,1-2H3. The van der Waals surface area contributed by atoms with Gasteiger partial charge >= 0.3 is 0 Å². The van der Waals surface area contributed by atoms with Crippen LogP contribution in [-0.2, 0) is 22.4 Å². The number of rotatable bonds is 5. The third-order valence-electron chi connectivity index (χ3n) is 3.95. The molecule has 6 heteroatoms. The second kappa shape index (κ2) is 6.87. The lowest BCUT2D eigenvalue weighted by atomic mass is 10.2. The van der Waals surface area contributed by atoms with Crippen molar-refractivity contribution < 1.29 is 13.5 Å². The Balaban J connectivity index is 1.98. The van der Waals surface area contributed by atoms with Crippen molar-refractivity contribution in [3.63, 3.8) is 0 Å². The number of nitrogens with zero attached hydrogens (tertiary/aromatic N) is 2. The van der Waals surface area contributed by atoms with Crippen LogP contribution in [0.1, 0.15) is 25.0 Å². The fourth-order valence-corrected chi connectivity index (χ4v) is 4.06. The van der Waals surface area contributed by atoms with Gasteiger partial charge in [-0.3, -0.25) is 4.90 Å². The fraction of sp³-hybridized carbons (Fsp3) is 0.600. The highest BCUT2D eigenvalue weighted by Crippen LogP contribution is 2.15. The molecule has 1 saturated heterocycles. The van der Waals surface area contributed by atoms with E-state index in [1.807, 2.05) is 0 Å². The van der Waals surface area contributed by atoms with Crippen molar-refractivity contribution in [2.45, 2.75) is 32.2 Å². The summed E-state index contributed by atoms with van der Waals surface area (Å²) in [7, 11) is -3.26. The van der Waals surface area contributed by atoms with Gasteiger partial charge in [0, 0.05) is 32.2 Å². The smallest absolute Gasteiger partial charge is 0.218 e. The van der Waals surface area contributed by atoms with Gasteiger partial charge in [0.15, 0.2) is 0 Å². The van der Waals surface area contributed by atoms with Gasteiger partial charge in [-0.15, -0.1) is 0 Å². The van der Waals surface area contributed by atoms with Crippen LogP contribution in [0.25, 0.3) is 0 Å². The maximum Gasteiger partial charge on any atom is 0.218 e. The van der Waals surface area contributed by atoms with Crippen LogP contribution in [0.2, 0.25) is 0 Å². The highest BCUT2D eigenvalue weighted by molar-refractivity contribution is 7.88. The molecule has 2 rings (SSSR count). The first-order valence-corrected chi connectivity index (χ1v) is 8.94. The number of hydrogen-bond donors (Lipinski definition) is 1. The van der Waals surface area contributed by atoms with E-state index in [0.717, 1.165) is 24.2 Å². The first-order chi connectivity index (χ1) is 9.92. The number of aliphatic hydroxyl groups is 1. The van der Waals surface area contributed by atoms with Crippen molar-refractivity contribution in [1.29, 1.82) is 0 Å². The van der Waals surface area contributed by atoms with Crippen molar-refractivity contribution >= 4 is 10.0 Å². The molecule has 5 nitrogen and oxygen atoms in total. The molecule has 1 aromatic carbocycles. The molecule has 1 aromatic rings. The van der Waals surface area contributed by atoms with Crippen LogP contribution in [0.15, 0.2) is 24.3 Å². The lowest BCUT2D eigenvalue weighted by molar-refractivity contribution is 0.154. The summed E-state index contributed by atoms with van der Waals surface area (Å²) in [4.78, 5) is 2.29. The summed E-state index contributed by atoms with van der Waals surface area (Å²) in [6.07, 6.45) is 0. The highest BCUT2D eigenvalue weighted by Gasteiger charge is 2.27. The van der Waals surface area contributed by atoms with E-state index in [4.69, 9.17) is 5.11 Å². The molecule has 0 aromatic heterocycles. The molecule has 1 heterocycles. The summed E-state index contributed by atoms with van der Waals surface area (Å²) < 4.78 is 26.5. The van der Waals surface area contributed by atoms with Gasteiger partial charge in [-0.1, -0.05) is 24.3 Å². The molecule has 0 bridgehead atoms. The highest BCUT2D eigenvalue weighted by atomic mass is 32.2. The zero-order chi connectivity index (χ0) is 15.5. The van der Waals surface area contributed by atoms with Gasteiger partial charge in [0.05, 0.1) is 12.4 Å². The van der Waals surface area contributed by atoms with Crippen molar-refractivity contribution in [2.75, 3.05) is 26.2 Å². The maximum absolute atomic E-state index is 12.4. The number of piperazine rings is 1. The zero-order valence-corrected chi connectivity index (χ0v) is 13.5. The molecule has 118 valence electrons. The van der Waals surface area contributed by atoms with E-state index in [9.17, 15) is 8.42 Å². The Morgan fingerprint density at radius 1 is 1.05 bits per heavy atom. The van der Waals surface area contributed by atoms with Gasteiger partial charge in [-0.2, -0.15) is 4.31 Å². The molecule has 1 aliphatic rings.